The molecule has 2 aliphatic heterocycles. The molecule has 2 fully saturated rings. The standard InChI is InChI=1S/C18H24N4O4S/c23-18(16-13-19-17-4-2-1-3-15(16)17)14-20-5-7-21(8-6-20)27(24,25)22-9-11-26-12-10-22/h1-4,13,19H,5-12,14H2. The molecule has 2 saturated heterocycles. The van der Waals surface area contributed by atoms with Gasteiger partial charge in [-0.25, -0.2) is 0 Å². The molecule has 27 heavy (non-hydrogen) atoms. The molecule has 1 aromatic heterocycles. The number of rotatable bonds is 5. The van der Waals surface area contributed by atoms with Crippen molar-refractivity contribution in [3.05, 3.63) is 36.0 Å². The Hall–Kier alpha value is -1.78. The molecule has 1 aromatic carbocycles. The summed E-state index contributed by atoms with van der Waals surface area (Å²) in [5.74, 6) is 0.0527. The van der Waals surface area contributed by atoms with Crippen molar-refractivity contribution < 1.29 is 17.9 Å². The van der Waals surface area contributed by atoms with Crippen molar-refractivity contribution in [1.29, 1.82) is 0 Å². The third-order valence-electron chi connectivity index (χ3n) is 5.21. The molecular formula is C18H24N4O4S. The molecular weight excluding hydrogens is 368 g/mol. The van der Waals surface area contributed by atoms with E-state index in [-0.39, 0.29) is 5.78 Å². The van der Waals surface area contributed by atoms with Crippen LogP contribution in [0, 0.1) is 0 Å². The lowest BCUT2D eigenvalue weighted by molar-refractivity contribution is 0.0681. The fraction of sp³-hybridized carbons (Fsp3) is 0.500. The number of morpholine rings is 1. The fourth-order valence-electron chi connectivity index (χ4n) is 3.65. The van der Waals surface area contributed by atoms with Gasteiger partial charge in [0.25, 0.3) is 10.2 Å². The smallest absolute Gasteiger partial charge is 0.282 e. The fourth-order valence-corrected chi connectivity index (χ4v) is 5.21. The highest BCUT2D eigenvalue weighted by Gasteiger charge is 2.33. The van der Waals surface area contributed by atoms with E-state index in [2.05, 4.69) is 4.98 Å². The second kappa shape index (κ2) is 7.69. The number of aromatic amines is 1. The van der Waals surface area contributed by atoms with Crippen molar-refractivity contribution in [1.82, 2.24) is 18.5 Å². The van der Waals surface area contributed by atoms with Crippen LogP contribution in [0.15, 0.2) is 30.5 Å². The van der Waals surface area contributed by atoms with Crippen LogP contribution in [-0.4, -0.2) is 91.7 Å². The van der Waals surface area contributed by atoms with Gasteiger partial charge < -0.3 is 9.72 Å². The maximum absolute atomic E-state index is 12.7. The highest BCUT2D eigenvalue weighted by Crippen LogP contribution is 2.19. The number of hydrogen-bond acceptors (Lipinski definition) is 5. The topological polar surface area (TPSA) is 86.0 Å². The SMILES string of the molecule is O=C(CN1CCN(S(=O)(=O)N2CCOCC2)CC1)c1c[nH]c2ccccc12. The first-order valence-corrected chi connectivity index (χ1v) is 10.6. The van der Waals surface area contributed by atoms with Gasteiger partial charge in [-0.15, -0.1) is 0 Å². The highest BCUT2D eigenvalue weighted by molar-refractivity contribution is 7.86. The number of nitrogens with one attached hydrogen (secondary N) is 1. The van der Waals surface area contributed by atoms with Crippen molar-refractivity contribution in [2.45, 2.75) is 0 Å². The van der Waals surface area contributed by atoms with Gasteiger partial charge in [0.15, 0.2) is 5.78 Å². The third kappa shape index (κ3) is 3.78. The summed E-state index contributed by atoms with van der Waals surface area (Å²) in [6, 6.07) is 7.73. The number of benzene rings is 1. The average molecular weight is 392 g/mol. The second-order valence-corrected chi connectivity index (χ2v) is 8.79. The number of piperazine rings is 1. The average Bonchev–Trinajstić information content (AvgIpc) is 3.13. The van der Waals surface area contributed by atoms with E-state index in [0.717, 1.165) is 10.9 Å². The minimum Gasteiger partial charge on any atom is -0.379 e. The van der Waals surface area contributed by atoms with Crippen LogP contribution in [0.5, 0.6) is 0 Å². The lowest BCUT2D eigenvalue weighted by Gasteiger charge is -2.37. The number of H-pyrrole nitrogens is 1. The van der Waals surface area contributed by atoms with Crippen LogP contribution >= 0.6 is 0 Å². The molecule has 0 bridgehead atoms. The molecule has 0 amide bonds. The second-order valence-electron chi connectivity index (χ2n) is 6.87. The normalized spacial score (nSPS) is 20.9. The lowest BCUT2D eigenvalue weighted by Crippen LogP contribution is -2.55. The summed E-state index contributed by atoms with van der Waals surface area (Å²) >= 11 is 0. The Morgan fingerprint density at radius 2 is 1.67 bits per heavy atom. The van der Waals surface area contributed by atoms with E-state index < -0.39 is 10.2 Å². The zero-order valence-corrected chi connectivity index (χ0v) is 16.0. The van der Waals surface area contributed by atoms with Crippen molar-refractivity contribution in [2.75, 3.05) is 59.0 Å². The van der Waals surface area contributed by atoms with Gasteiger partial charge >= 0.3 is 0 Å². The molecule has 146 valence electrons. The molecule has 3 heterocycles. The zero-order valence-electron chi connectivity index (χ0n) is 15.1. The number of carbonyl (C=O) groups is 1. The Morgan fingerprint density at radius 3 is 2.41 bits per heavy atom. The van der Waals surface area contributed by atoms with Crippen LogP contribution in [0.2, 0.25) is 0 Å². The molecule has 0 spiro atoms. The van der Waals surface area contributed by atoms with Gasteiger partial charge in [-0.1, -0.05) is 18.2 Å². The highest BCUT2D eigenvalue weighted by atomic mass is 32.2. The summed E-state index contributed by atoms with van der Waals surface area (Å²) in [6.07, 6.45) is 1.76. The minimum absolute atomic E-state index is 0.0527. The van der Waals surface area contributed by atoms with Crippen molar-refractivity contribution in [3.63, 3.8) is 0 Å². The number of fused-ring (bicyclic) bond motifs is 1. The number of carbonyl (C=O) groups excluding carboxylic acids is 1. The Balaban J connectivity index is 1.36. The van der Waals surface area contributed by atoms with E-state index in [9.17, 15) is 13.2 Å². The molecule has 1 N–H and O–H groups in total. The van der Waals surface area contributed by atoms with E-state index in [4.69, 9.17) is 4.74 Å². The molecule has 0 atom stereocenters. The van der Waals surface area contributed by atoms with Gasteiger partial charge in [0, 0.05) is 61.9 Å². The van der Waals surface area contributed by atoms with Crippen LogP contribution in [0.4, 0.5) is 0 Å². The monoisotopic (exact) mass is 392 g/mol. The van der Waals surface area contributed by atoms with Crippen LogP contribution in [0.25, 0.3) is 10.9 Å². The number of ether oxygens (including phenoxy) is 1. The molecule has 0 unspecified atom stereocenters. The first-order valence-electron chi connectivity index (χ1n) is 9.20. The number of aromatic nitrogens is 1. The quantitative estimate of drug-likeness (QED) is 0.751. The van der Waals surface area contributed by atoms with Gasteiger partial charge in [-0.2, -0.15) is 17.0 Å². The van der Waals surface area contributed by atoms with Crippen LogP contribution < -0.4 is 0 Å². The van der Waals surface area contributed by atoms with E-state index in [1.54, 1.807) is 6.20 Å². The van der Waals surface area contributed by atoms with Gasteiger partial charge in [0.2, 0.25) is 0 Å². The molecule has 0 radical (unpaired) electrons. The summed E-state index contributed by atoms with van der Waals surface area (Å²) in [5, 5.41) is 0.927. The summed E-state index contributed by atoms with van der Waals surface area (Å²) in [7, 11) is -3.44. The summed E-state index contributed by atoms with van der Waals surface area (Å²) in [4.78, 5) is 17.8. The van der Waals surface area contributed by atoms with Gasteiger partial charge in [-0.3, -0.25) is 9.69 Å². The first kappa shape index (κ1) is 18.6. The molecule has 2 aromatic rings. The zero-order chi connectivity index (χ0) is 18.9. The first-order chi connectivity index (χ1) is 13.1. The molecule has 8 nitrogen and oxygen atoms in total. The number of hydrogen-bond donors (Lipinski definition) is 1. The molecule has 4 rings (SSSR count). The van der Waals surface area contributed by atoms with Crippen LogP contribution in [0.1, 0.15) is 10.4 Å². The van der Waals surface area contributed by atoms with E-state index in [1.165, 1.54) is 8.61 Å². The van der Waals surface area contributed by atoms with Crippen LogP contribution in [-0.2, 0) is 14.9 Å². The van der Waals surface area contributed by atoms with Gasteiger partial charge in [0.1, 0.15) is 0 Å². The number of para-hydroxylation sites is 1. The Kier molecular flexibility index (Phi) is 5.29. The lowest BCUT2D eigenvalue weighted by atomic mass is 10.1. The summed E-state index contributed by atoms with van der Waals surface area (Å²) in [5.41, 5.74) is 1.64. The van der Waals surface area contributed by atoms with Crippen molar-refractivity contribution in [2.24, 2.45) is 0 Å². The number of ketones is 1. The summed E-state index contributed by atoms with van der Waals surface area (Å²) in [6.45, 7) is 3.91. The van der Waals surface area contributed by atoms with E-state index in [1.807, 2.05) is 29.2 Å². The van der Waals surface area contributed by atoms with Gasteiger partial charge in [-0.05, 0) is 6.07 Å². The Bertz CT molecular complexity index is 912. The maximum Gasteiger partial charge on any atom is 0.282 e. The van der Waals surface area contributed by atoms with Crippen LogP contribution in [0.3, 0.4) is 0 Å². The number of Topliss-reactive ketones (excluding diaryl/α,β-unsaturated/α-hetero) is 1. The van der Waals surface area contributed by atoms with Crippen molar-refractivity contribution in [3.8, 4) is 0 Å². The van der Waals surface area contributed by atoms with E-state index >= 15 is 0 Å². The predicted molar refractivity (Wildman–Crippen MR) is 102 cm³/mol. The molecule has 0 aliphatic carbocycles. The molecule has 2 aliphatic rings. The Labute approximate surface area is 158 Å². The summed E-state index contributed by atoms with van der Waals surface area (Å²) < 4.78 is 33.7. The largest absolute Gasteiger partial charge is 0.379 e. The number of nitrogens with zero attached hydrogens (tertiary/aromatic N) is 3. The predicted octanol–water partition coefficient (Wildman–Crippen LogP) is 0.545. The maximum atomic E-state index is 12.7. The molecule has 9 heteroatoms. The van der Waals surface area contributed by atoms with E-state index in [0.29, 0.717) is 64.6 Å². The molecule has 0 saturated carbocycles. The third-order valence-corrected chi connectivity index (χ3v) is 7.25. The Morgan fingerprint density at radius 1 is 1.00 bits per heavy atom. The minimum atomic E-state index is -3.44. The van der Waals surface area contributed by atoms with Crippen molar-refractivity contribution >= 4 is 26.9 Å². The van der Waals surface area contributed by atoms with Gasteiger partial charge in [0.05, 0.1) is 19.8 Å².